The summed E-state index contributed by atoms with van der Waals surface area (Å²) in [5.74, 6) is -0.555. The lowest BCUT2D eigenvalue weighted by Gasteiger charge is -2.35. The Hall–Kier alpha value is -4.68. The zero-order valence-electron chi connectivity index (χ0n) is 22.4. The summed E-state index contributed by atoms with van der Waals surface area (Å²) in [5.41, 5.74) is 1.17. The Morgan fingerprint density at radius 3 is 1.21 bits per heavy atom. The molecule has 1 aliphatic heterocycles. The van der Waals surface area contributed by atoms with Crippen molar-refractivity contribution in [2.75, 3.05) is 35.6 Å². The molecule has 1 heterocycles. The van der Waals surface area contributed by atoms with Crippen LogP contribution >= 0.6 is 0 Å². The van der Waals surface area contributed by atoms with Crippen molar-refractivity contribution in [1.82, 2.24) is 9.80 Å². The first-order valence-electron chi connectivity index (χ1n) is 13.1. The number of hydrogen-bond donors (Lipinski definition) is 2. The SMILES string of the molecule is O=C(c1cccc(NS(=O)(=O)c2ccccc2)c1)N1CCN(C(=O)c2cccc(NS(=O)(=O)c3ccccc3)c2)CC1. The fourth-order valence-corrected chi connectivity index (χ4v) is 6.68. The molecule has 0 unspecified atom stereocenters. The molecule has 0 spiro atoms. The number of nitrogens with zero attached hydrogens (tertiary/aromatic N) is 2. The molecular weight excluding hydrogens is 576 g/mol. The average Bonchev–Trinajstić information content (AvgIpc) is 3.01. The van der Waals surface area contributed by atoms with Gasteiger partial charge in [0.2, 0.25) is 0 Å². The van der Waals surface area contributed by atoms with Crippen LogP contribution in [0.5, 0.6) is 0 Å². The van der Waals surface area contributed by atoms with Gasteiger partial charge < -0.3 is 9.80 Å². The first kappa shape index (κ1) is 28.8. The van der Waals surface area contributed by atoms with Gasteiger partial charge in [0.05, 0.1) is 9.79 Å². The van der Waals surface area contributed by atoms with Crippen LogP contribution in [0.25, 0.3) is 0 Å². The molecule has 0 aromatic heterocycles. The van der Waals surface area contributed by atoms with Crippen LogP contribution in [0, 0.1) is 0 Å². The summed E-state index contributed by atoms with van der Waals surface area (Å²) in [6, 6.07) is 28.4. The van der Waals surface area contributed by atoms with Gasteiger partial charge in [-0.25, -0.2) is 16.8 Å². The van der Waals surface area contributed by atoms with Crippen molar-refractivity contribution in [3.05, 3.63) is 120 Å². The summed E-state index contributed by atoms with van der Waals surface area (Å²) < 4.78 is 55.7. The monoisotopic (exact) mass is 604 g/mol. The molecule has 4 aromatic rings. The maximum absolute atomic E-state index is 13.2. The number of nitrogens with one attached hydrogen (secondary N) is 2. The van der Waals surface area contributed by atoms with Crippen molar-refractivity contribution in [2.24, 2.45) is 0 Å². The second-order valence-electron chi connectivity index (χ2n) is 9.58. The molecule has 1 fully saturated rings. The number of carbonyl (C=O) groups excluding carboxylic acids is 2. The van der Waals surface area contributed by atoms with Gasteiger partial charge >= 0.3 is 0 Å². The zero-order valence-corrected chi connectivity index (χ0v) is 24.0. The van der Waals surface area contributed by atoms with E-state index >= 15 is 0 Å². The minimum Gasteiger partial charge on any atom is -0.335 e. The van der Waals surface area contributed by atoms with E-state index in [1.54, 1.807) is 82.6 Å². The van der Waals surface area contributed by atoms with Crippen LogP contribution in [0.4, 0.5) is 11.4 Å². The molecule has 12 heteroatoms. The Bertz CT molecular complexity index is 1670. The summed E-state index contributed by atoms with van der Waals surface area (Å²) >= 11 is 0. The summed E-state index contributed by atoms with van der Waals surface area (Å²) in [6.07, 6.45) is 0. The van der Waals surface area contributed by atoms with Gasteiger partial charge in [-0.1, -0.05) is 48.5 Å². The van der Waals surface area contributed by atoms with Crippen molar-refractivity contribution in [2.45, 2.75) is 9.79 Å². The van der Waals surface area contributed by atoms with Crippen LogP contribution in [0.3, 0.4) is 0 Å². The standard InChI is InChI=1S/C30H28N4O6S2/c35-29(23-9-7-11-25(21-23)31-41(37,38)27-13-3-1-4-14-27)33-17-19-34(20-18-33)30(36)24-10-8-12-26(22-24)32-42(39,40)28-15-5-2-6-16-28/h1-16,21-22,31-32H,17-20H2. The summed E-state index contributed by atoms with van der Waals surface area (Å²) in [6.45, 7) is 1.13. The van der Waals surface area contributed by atoms with Gasteiger partial charge in [0.1, 0.15) is 0 Å². The Kier molecular flexibility index (Phi) is 8.27. The largest absolute Gasteiger partial charge is 0.335 e. The molecule has 1 saturated heterocycles. The number of carbonyl (C=O) groups is 2. The fraction of sp³-hybridized carbons (Fsp3) is 0.133. The van der Waals surface area contributed by atoms with Gasteiger partial charge in [0, 0.05) is 48.7 Å². The van der Waals surface area contributed by atoms with E-state index in [9.17, 15) is 26.4 Å². The molecule has 4 aromatic carbocycles. The first-order chi connectivity index (χ1) is 20.1. The maximum Gasteiger partial charge on any atom is 0.261 e. The Balaban J connectivity index is 1.21. The molecule has 2 N–H and O–H groups in total. The number of hydrogen-bond acceptors (Lipinski definition) is 6. The van der Waals surface area contributed by atoms with Crippen LogP contribution in [0.2, 0.25) is 0 Å². The molecule has 5 rings (SSSR count). The van der Waals surface area contributed by atoms with Crippen LogP contribution < -0.4 is 9.44 Å². The van der Waals surface area contributed by atoms with Crippen molar-refractivity contribution >= 4 is 43.2 Å². The Morgan fingerprint density at radius 1 is 0.500 bits per heavy atom. The van der Waals surface area contributed by atoms with E-state index in [1.165, 1.54) is 36.4 Å². The smallest absolute Gasteiger partial charge is 0.261 e. The van der Waals surface area contributed by atoms with Gasteiger partial charge in [-0.2, -0.15) is 0 Å². The van der Waals surface area contributed by atoms with Crippen LogP contribution in [0.15, 0.2) is 119 Å². The van der Waals surface area contributed by atoms with E-state index in [0.29, 0.717) is 11.1 Å². The van der Waals surface area contributed by atoms with E-state index in [1.807, 2.05) is 0 Å². The molecule has 0 aliphatic carbocycles. The van der Waals surface area contributed by atoms with Gasteiger partial charge in [-0.3, -0.25) is 19.0 Å². The van der Waals surface area contributed by atoms with Gasteiger partial charge in [0.25, 0.3) is 31.9 Å². The fourth-order valence-electron chi connectivity index (χ4n) is 4.54. The number of benzene rings is 4. The van der Waals surface area contributed by atoms with Gasteiger partial charge in [-0.05, 0) is 60.7 Å². The second kappa shape index (κ2) is 12.0. The van der Waals surface area contributed by atoms with Gasteiger partial charge in [-0.15, -0.1) is 0 Å². The van der Waals surface area contributed by atoms with E-state index in [2.05, 4.69) is 9.44 Å². The molecule has 0 radical (unpaired) electrons. The van der Waals surface area contributed by atoms with E-state index < -0.39 is 20.0 Å². The van der Waals surface area contributed by atoms with Crippen molar-refractivity contribution < 1.29 is 26.4 Å². The zero-order chi connectivity index (χ0) is 29.7. The normalized spacial score (nSPS) is 13.8. The number of rotatable bonds is 8. The highest BCUT2D eigenvalue weighted by atomic mass is 32.2. The van der Waals surface area contributed by atoms with Crippen LogP contribution in [-0.4, -0.2) is 64.6 Å². The maximum atomic E-state index is 13.2. The van der Waals surface area contributed by atoms with Crippen LogP contribution in [-0.2, 0) is 20.0 Å². The van der Waals surface area contributed by atoms with Crippen molar-refractivity contribution in [1.29, 1.82) is 0 Å². The Labute approximate surface area is 244 Å². The molecule has 1 aliphatic rings. The van der Waals surface area contributed by atoms with Gasteiger partial charge in [0.15, 0.2) is 0 Å². The molecular formula is C30H28N4O6S2. The Morgan fingerprint density at radius 2 is 0.857 bits per heavy atom. The quantitative estimate of drug-likeness (QED) is 0.314. The third kappa shape index (κ3) is 6.61. The lowest BCUT2D eigenvalue weighted by atomic mass is 10.1. The van der Waals surface area contributed by atoms with Crippen molar-refractivity contribution in [3.8, 4) is 0 Å². The minimum atomic E-state index is -3.81. The third-order valence-corrected chi connectivity index (χ3v) is 9.48. The highest BCUT2D eigenvalue weighted by molar-refractivity contribution is 7.93. The molecule has 2 amide bonds. The molecule has 42 heavy (non-hydrogen) atoms. The van der Waals surface area contributed by atoms with E-state index in [-0.39, 0.29) is 59.2 Å². The molecule has 0 bridgehead atoms. The third-order valence-electron chi connectivity index (χ3n) is 6.68. The number of sulfonamides is 2. The summed E-state index contributed by atoms with van der Waals surface area (Å²) in [4.78, 5) is 29.9. The summed E-state index contributed by atoms with van der Waals surface area (Å²) in [7, 11) is -7.62. The van der Waals surface area contributed by atoms with E-state index in [4.69, 9.17) is 0 Å². The number of amides is 2. The molecule has 216 valence electrons. The highest BCUT2D eigenvalue weighted by Gasteiger charge is 2.26. The lowest BCUT2D eigenvalue weighted by Crippen LogP contribution is -2.50. The van der Waals surface area contributed by atoms with E-state index in [0.717, 1.165) is 0 Å². The molecule has 0 atom stereocenters. The predicted octanol–water partition coefficient (Wildman–Crippen LogP) is 3.89. The molecule has 10 nitrogen and oxygen atoms in total. The number of anilines is 2. The minimum absolute atomic E-state index is 0.113. The van der Waals surface area contributed by atoms with Crippen molar-refractivity contribution in [3.63, 3.8) is 0 Å². The highest BCUT2D eigenvalue weighted by Crippen LogP contribution is 2.21. The number of piperazine rings is 1. The predicted molar refractivity (Wildman–Crippen MR) is 159 cm³/mol. The summed E-state index contributed by atoms with van der Waals surface area (Å²) in [5, 5.41) is 0. The topological polar surface area (TPSA) is 133 Å². The second-order valence-corrected chi connectivity index (χ2v) is 12.9. The van der Waals surface area contributed by atoms with Crippen LogP contribution in [0.1, 0.15) is 20.7 Å². The average molecular weight is 605 g/mol. The molecule has 0 saturated carbocycles. The lowest BCUT2D eigenvalue weighted by molar-refractivity contribution is 0.0535. The first-order valence-corrected chi connectivity index (χ1v) is 16.0.